The molecule has 0 saturated heterocycles. The SMILES string of the molecule is Cc1ccc(/C(=C\S(=O)(=O)c2ccccc2)Sc2ccccc2)cc1. The van der Waals surface area contributed by atoms with E-state index < -0.39 is 9.84 Å². The van der Waals surface area contributed by atoms with Gasteiger partial charge in [0, 0.05) is 9.80 Å². The van der Waals surface area contributed by atoms with Crippen LogP contribution in [0.15, 0.2) is 100 Å². The summed E-state index contributed by atoms with van der Waals surface area (Å²) in [7, 11) is -3.52. The van der Waals surface area contributed by atoms with E-state index in [9.17, 15) is 8.42 Å². The van der Waals surface area contributed by atoms with E-state index in [1.807, 2.05) is 67.6 Å². The number of sulfone groups is 1. The molecule has 0 atom stereocenters. The highest BCUT2D eigenvalue weighted by molar-refractivity contribution is 8.09. The van der Waals surface area contributed by atoms with Gasteiger partial charge in [-0.1, -0.05) is 78.0 Å². The third-order valence-corrected chi connectivity index (χ3v) is 6.35. The second-order valence-electron chi connectivity index (χ2n) is 5.62. The monoisotopic (exact) mass is 366 g/mol. The molecule has 25 heavy (non-hydrogen) atoms. The van der Waals surface area contributed by atoms with Gasteiger partial charge in [-0.05, 0) is 36.8 Å². The molecule has 0 aliphatic rings. The van der Waals surface area contributed by atoms with E-state index in [1.165, 1.54) is 17.2 Å². The molecule has 0 heterocycles. The molecule has 0 spiro atoms. The van der Waals surface area contributed by atoms with E-state index in [0.29, 0.717) is 9.80 Å². The van der Waals surface area contributed by atoms with Crippen molar-refractivity contribution in [2.45, 2.75) is 16.7 Å². The smallest absolute Gasteiger partial charge is 0.200 e. The quantitative estimate of drug-likeness (QED) is 0.554. The van der Waals surface area contributed by atoms with Crippen molar-refractivity contribution in [3.05, 3.63) is 101 Å². The van der Waals surface area contributed by atoms with Gasteiger partial charge in [0.25, 0.3) is 0 Å². The van der Waals surface area contributed by atoms with Crippen LogP contribution in [0, 0.1) is 6.92 Å². The zero-order chi connectivity index (χ0) is 17.7. The predicted molar refractivity (Wildman–Crippen MR) is 105 cm³/mol. The van der Waals surface area contributed by atoms with Gasteiger partial charge in [0.1, 0.15) is 0 Å². The second-order valence-corrected chi connectivity index (χ2v) is 8.53. The molecule has 0 aliphatic heterocycles. The highest BCUT2D eigenvalue weighted by Crippen LogP contribution is 2.35. The molecule has 0 unspecified atom stereocenters. The number of hydrogen-bond acceptors (Lipinski definition) is 3. The molecule has 3 aromatic carbocycles. The maximum Gasteiger partial charge on any atom is 0.200 e. The summed E-state index contributed by atoms with van der Waals surface area (Å²) in [5.74, 6) is 0. The molecule has 0 radical (unpaired) electrons. The Labute approximate surface area is 153 Å². The van der Waals surface area contributed by atoms with Gasteiger partial charge in [-0.3, -0.25) is 0 Å². The molecule has 126 valence electrons. The summed E-state index contributed by atoms with van der Waals surface area (Å²) in [6.45, 7) is 2.01. The minimum Gasteiger partial charge on any atom is -0.219 e. The highest BCUT2D eigenvalue weighted by atomic mass is 32.2. The maximum atomic E-state index is 12.8. The zero-order valence-corrected chi connectivity index (χ0v) is 15.4. The lowest BCUT2D eigenvalue weighted by molar-refractivity contribution is 0.605. The third kappa shape index (κ3) is 4.62. The Kier molecular flexibility index (Phi) is 5.41. The van der Waals surface area contributed by atoms with Gasteiger partial charge >= 0.3 is 0 Å². The van der Waals surface area contributed by atoms with Crippen LogP contribution in [0.5, 0.6) is 0 Å². The molecule has 3 aromatic rings. The Morgan fingerprint density at radius 2 is 1.36 bits per heavy atom. The molecular weight excluding hydrogens is 348 g/mol. The van der Waals surface area contributed by atoms with Crippen LogP contribution in [0.2, 0.25) is 0 Å². The molecular formula is C21H18O2S2. The molecule has 0 amide bonds. The van der Waals surface area contributed by atoms with Crippen LogP contribution in [0.1, 0.15) is 11.1 Å². The predicted octanol–water partition coefficient (Wildman–Crippen LogP) is 5.56. The maximum absolute atomic E-state index is 12.8. The van der Waals surface area contributed by atoms with Gasteiger partial charge in [-0.25, -0.2) is 8.42 Å². The van der Waals surface area contributed by atoms with Crippen LogP contribution in [-0.4, -0.2) is 8.42 Å². The van der Waals surface area contributed by atoms with Crippen LogP contribution < -0.4 is 0 Å². The Bertz CT molecular complexity index is 959. The van der Waals surface area contributed by atoms with E-state index in [0.717, 1.165) is 16.0 Å². The topological polar surface area (TPSA) is 34.1 Å². The fraction of sp³-hybridized carbons (Fsp3) is 0.0476. The summed E-state index contributed by atoms with van der Waals surface area (Å²) < 4.78 is 25.6. The number of thioether (sulfide) groups is 1. The average molecular weight is 367 g/mol. The zero-order valence-electron chi connectivity index (χ0n) is 13.8. The summed E-state index contributed by atoms with van der Waals surface area (Å²) >= 11 is 1.45. The highest BCUT2D eigenvalue weighted by Gasteiger charge is 2.14. The molecule has 2 nitrogen and oxygen atoms in total. The van der Waals surface area contributed by atoms with Crippen molar-refractivity contribution in [3.8, 4) is 0 Å². The van der Waals surface area contributed by atoms with Crippen molar-refractivity contribution in [2.75, 3.05) is 0 Å². The van der Waals surface area contributed by atoms with Crippen molar-refractivity contribution in [1.82, 2.24) is 0 Å². The lowest BCUT2D eigenvalue weighted by Gasteiger charge is -2.09. The van der Waals surface area contributed by atoms with Crippen molar-refractivity contribution < 1.29 is 8.42 Å². The normalized spacial score (nSPS) is 12.1. The Morgan fingerprint density at radius 3 is 1.96 bits per heavy atom. The van der Waals surface area contributed by atoms with E-state index in [1.54, 1.807) is 24.3 Å². The van der Waals surface area contributed by atoms with Gasteiger partial charge in [0.15, 0.2) is 0 Å². The molecule has 0 fully saturated rings. The fourth-order valence-electron chi connectivity index (χ4n) is 2.30. The summed E-state index contributed by atoms with van der Waals surface area (Å²) in [6.07, 6.45) is 0. The number of rotatable bonds is 5. The molecule has 0 aliphatic carbocycles. The van der Waals surface area contributed by atoms with Gasteiger partial charge < -0.3 is 0 Å². The minimum atomic E-state index is -3.52. The fourth-order valence-corrected chi connectivity index (χ4v) is 4.77. The average Bonchev–Trinajstić information content (AvgIpc) is 2.63. The molecule has 0 bridgehead atoms. The van der Waals surface area contributed by atoms with Crippen molar-refractivity contribution in [2.24, 2.45) is 0 Å². The van der Waals surface area contributed by atoms with E-state index in [2.05, 4.69) is 0 Å². The number of benzene rings is 3. The molecule has 0 N–H and O–H groups in total. The first-order valence-electron chi connectivity index (χ1n) is 7.86. The Morgan fingerprint density at radius 1 is 0.800 bits per heavy atom. The first-order valence-corrected chi connectivity index (χ1v) is 10.2. The summed E-state index contributed by atoms with van der Waals surface area (Å²) in [5, 5.41) is 1.37. The number of hydrogen-bond donors (Lipinski definition) is 0. The van der Waals surface area contributed by atoms with Gasteiger partial charge in [-0.2, -0.15) is 0 Å². The van der Waals surface area contributed by atoms with Gasteiger partial charge in [0.2, 0.25) is 9.84 Å². The van der Waals surface area contributed by atoms with Gasteiger partial charge in [-0.15, -0.1) is 0 Å². The molecule has 4 heteroatoms. The van der Waals surface area contributed by atoms with E-state index >= 15 is 0 Å². The van der Waals surface area contributed by atoms with E-state index in [4.69, 9.17) is 0 Å². The van der Waals surface area contributed by atoms with E-state index in [-0.39, 0.29) is 0 Å². The van der Waals surface area contributed by atoms with Crippen LogP contribution in [0.3, 0.4) is 0 Å². The summed E-state index contributed by atoms with van der Waals surface area (Å²) in [6, 6.07) is 26.2. The summed E-state index contributed by atoms with van der Waals surface area (Å²) in [5.41, 5.74) is 2.03. The van der Waals surface area contributed by atoms with Crippen LogP contribution in [0.4, 0.5) is 0 Å². The molecule has 0 aromatic heterocycles. The van der Waals surface area contributed by atoms with Crippen LogP contribution >= 0.6 is 11.8 Å². The first kappa shape index (κ1) is 17.5. The minimum absolute atomic E-state index is 0.299. The lowest BCUT2D eigenvalue weighted by atomic mass is 10.1. The molecule has 0 saturated carbocycles. The van der Waals surface area contributed by atoms with Crippen LogP contribution in [-0.2, 0) is 9.84 Å². The van der Waals surface area contributed by atoms with Gasteiger partial charge in [0.05, 0.1) is 10.3 Å². The van der Waals surface area contributed by atoms with Crippen molar-refractivity contribution in [1.29, 1.82) is 0 Å². The van der Waals surface area contributed by atoms with Crippen molar-refractivity contribution in [3.63, 3.8) is 0 Å². The third-order valence-electron chi connectivity index (χ3n) is 3.64. The first-order chi connectivity index (χ1) is 12.0. The standard InChI is InChI=1S/C21H18O2S2/c1-17-12-14-18(15-13-17)21(24-19-8-4-2-5-9-19)16-25(22,23)20-10-6-3-7-11-20/h2-16H,1H3/b21-16+. The summed E-state index contributed by atoms with van der Waals surface area (Å²) in [4.78, 5) is 2.00. The largest absolute Gasteiger partial charge is 0.219 e. The number of aryl methyl sites for hydroxylation is 1. The Balaban J connectivity index is 2.05. The second kappa shape index (κ2) is 7.72. The van der Waals surface area contributed by atoms with Crippen molar-refractivity contribution >= 4 is 26.5 Å². The Hall–Kier alpha value is -2.30. The molecule has 3 rings (SSSR count). The van der Waals surface area contributed by atoms with Crippen LogP contribution in [0.25, 0.3) is 4.91 Å². The lowest BCUT2D eigenvalue weighted by Crippen LogP contribution is -1.97.